The Morgan fingerprint density at radius 2 is 2.10 bits per heavy atom. The molecule has 2 atom stereocenters. The first-order chi connectivity index (χ1) is 10.2. The molecule has 0 bridgehead atoms. The first-order valence-corrected chi connectivity index (χ1v) is 8.34. The predicted octanol–water partition coefficient (Wildman–Crippen LogP) is 4.14. The van der Waals surface area contributed by atoms with Crippen LogP contribution in [0.15, 0.2) is 18.2 Å². The first-order valence-electron chi connectivity index (χ1n) is 8.34. The van der Waals surface area contributed by atoms with Gasteiger partial charge < -0.3 is 10.1 Å². The highest BCUT2D eigenvalue weighted by Crippen LogP contribution is 2.36. The van der Waals surface area contributed by atoms with E-state index in [1.807, 2.05) is 6.07 Å². The Kier molecular flexibility index (Phi) is 4.32. The molecule has 2 unspecified atom stereocenters. The molecule has 116 valence electrons. The Morgan fingerprint density at radius 3 is 2.86 bits per heavy atom. The van der Waals surface area contributed by atoms with Gasteiger partial charge in [0, 0.05) is 18.7 Å². The van der Waals surface area contributed by atoms with Crippen molar-refractivity contribution in [1.29, 1.82) is 0 Å². The van der Waals surface area contributed by atoms with Gasteiger partial charge in [0.2, 0.25) is 0 Å². The summed E-state index contributed by atoms with van der Waals surface area (Å²) in [4.78, 5) is 0. The summed E-state index contributed by atoms with van der Waals surface area (Å²) >= 11 is 0. The van der Waals surface area contributed by atoms with Crippen molar-refractivity contribution in [2.75, 3.05) is 6.61 Å². The average molecular weight is 291 g/mol. The molecule has 21 heavy (non-hydrogen) atoms. The molecule has 1 fully saturated rings. The van der Waals surface area contributed by atoms with Crippen LogP contribution in [0.2, 0.25) is 0 Å². The first kappa shape index (κ1) is 15.0. The van der Waals surface area contributed by atoms with Crippen molar-refractivity contribution in [3.63, 3.8) is 0 Å². The molecule has 0 saturated carbocycles. The van der Waals surface area contributed by atoms with Crippen LogP contribution in [0.25, 0.3) is 0 Å². The number of ether oxygens (including phenoxy) is 1. The lowest BCUT2D eigenvalue weighted by Gasteiger charge is -2.41. The number of hydrogen-bond donors (Lipinski definition) is 1. The maximum Gasteiger partial charge on any atom is 0.126 e. The van der Waals surface area contributed by atoms with Crippen molar-refractivity contribution in [1.82, 2.24) is 5.32 Å². The normalized spacial score (nSPS) is 27.6. The third-order valence-corrected chi connectivity index (χ3v) is 5.43. The van der Waals surface area contributed by atoms with E-state index in [-0.39, 0.29) is 11.4 Å². The van der Waals surface area contributed by atoms with Crippen LogP contribution in [-0.2, 0) is 11.2 Å². The molecule has 3 rings (SSSR count). The van der Waals surface area contributed by atoms with E-state index in [2.05, 4.69) is 25.2 Å². The lowest BCUT2D eigenvalue weighted by molar-refractivity contribution is -0.0941. The minimum Gasteiger partial charge on any atom is -0.375 e. The molecule has 0 spiro atoms. The fourth-order valence-electron chi connectivity index (χ4n) is 3.98. The smallest absolute Gasteiger partial charge is 0.126 e. The molecular weight excluding hydrogens is 265 g/mol. The third kappa shape index (κ3) is 2.86. The Hall–Kier alpha value is -0.930. The van der Waals surface area contributed by atoms with Gasteiger partial charge in [0.05, 0.1) is 5.60 Å². The minimum atomic E-state index is -0.0414. The van der Waals surface area contributed by atoms with Gasteiger partial charge in [-0.15, -0.1) is 0 Å². The molecular formula is C18H26FNO. The molecule has 2 aliphatic rings. The molecule has 0 aromatic heterocycles. The van der Waals surface area contributed by atoms with Crippen LogP contribution in [-0.4, -0.2) is 18.2 Å². The van der Waals surface area contributed by atoms with Crippen molar-refractivity contribution < 1.29 is 9.13 Å². The standard InChI is InChI=1S/C18H26FNO/c1-3-18(4-2)12-13(10-11-21-18)20-17-9-8-14-15(17)6-5-7-16(14)19/h5-7,13,17,20H,3-4,8-12H2,1-2H3. The van der Waals surface area contributed by atoms with Gasteiger partial charge >= 0.3 is 0 Å². The Balaban J connectivity index is 1.70. The van der Waals surface area contributed by atoms with Crippen LogP contribution < -0.4 is 5.32 Å². The number of halogens is 1. The highest BCUT2D eigenvalue weighted by atomic mass is 19.1. The topological polar surface area (TPSA) is 21.3 Å². The summed E-state index contributed by atoms with van der Waals surface area (Å²) < 4.78 is 19.9. The van der Waals surface area contributed by atoms with Gasteiger partial charge in [0.1, 0.15) is 5.82 Å². The van der Waals surface area contributed by atoms with Gasteiger partial charge in [-0.1, -0.05) is 26.0 Å². The van der Waals surface area contributed by atoms with Gasteiger partial charge in [-0.2, -0.15) is 0 Å². The lowest BCUT2D eigenvalue weighted by atomic mass is 9.85. The minimum absolute atomic E-state index is 0.0410. The van der Waals surface area contributed by atoms with Crippen LogP contribution >= 0.6 is 0 Å². The van der Waals surface area contributed by atoms with E-state index in [1.165, 1.54) is 5.56 Å². The van der Waals surface area contributed by atoms with Gasteiger partial charge in [0.25, 0.3) is 0 Å². The summed E-state index contributed by atoms with van der Waals surface area (Å²) in [6.45, 7) is 5.26. The van der Waals surface area contributed by atoms with Crippen LogP contribution in [0.5, 0.6) is 0 Å². The quantitative estimate of drug-likeness (QED) is 0.900. The van der Waals surface area contributed by atoms with E-state index in [9.17, 15) is 4.39 Å². The second-order valence-electron chi connectivity index (χ2n) is 6.49. The van der Waals surface area contributed by atoms with Crippen LogP contribution in [0.1, 0.15) is 63.1 Å². The largest absolute Gasteiger partial charge is 0.375 e. The van der Waals surface area contributed by atoms with Crippen molar-refractivity contribution in [3.05, 3.63) is 35.1 Å². The van der Waals surface area contributed by atoms with Crippen LogP contribution in [0.3, 0.4) is 0 Å². The van der Waals surface area contributed by atoms with Crippen molar-refractivity contribution in [3.8, 4) is 0 Å². The summed E-state index contributed by atoms with van der Waals surface area (Å²) in [7, 11) is 0. The molecule has 1 aromatic carbocycles. The van der Waals surface area contributed by atoms with Gasteiger partial charge in [-0.05, 0) is 55.7 Å². The molecule has 1 aliphatic carbocycles. The Morgan fingerprint density at radius 1 is 1.29 bits per heavy atom. The monoisotopic (exact) mass is 291 g/mol. The molecule has 0 amide bonds. The summed E-state index contributed by atoms with van der Waals surface area (Å²) in [5.41, 5.74) is 2.12. The van der Waals surface area contributed by atoms with Gasteiger partial charge in [-0.3, -0.25) is 0 Å². The second kappa shape index (κ2) is 6.05. The average Bonchev–Trinajstić information content (AvgIpc) is 2.92. The SMILES string of the molecule is CCC1(CC)CC(NC2CCc3c(F)cccc32)CCO1. The Labute approximate surface area is 127 Å². The molecule has 1 aromatic rings. The van der Waals surface area contributed by atoms with Gasteiger partial charge in [0.15, 0.2) is 0 Å². The molecule has 3 heteroatoms. The van der Waals surface area contributed by atoms with E-state index in [4.69, 9.17) is 4.74 Å². The molecule has 1 saturated heterocycles. The number of rotatable bonds is 4. The molecule has 1 heterocycles. The summed E-state index contributed by atoms with van der Waals surface area (Å²) in [6, 6.07) is 6.29. The molecule has 0 radical (unpaired) electrons. The summed E-state index contributed by atoms with van der Waals surface area (Å²) in [5.74, 6) is -0.0414. The number of fused-ring (bicyclic) bond motifs is 1. The highest BCUT2D eigenvalue weighted by molar-refractivity contribution is 5.35. The number of hydrogen-bond acceptors (Lipinski definition) is 2. The highest BCUT2D eigenvalue weighted by Gasteiger charge is 2.36. The molecule has 1 N–H and O–H groups in total. The van der Waals surface area contributed by atoms with Gasteiger partial charge in [-0.25, -0.2) is 4.39 Å². The fourth-order valence-corrected chi connectivity index (χ4v) is 3.98. The van der Waals surface area contributed by atoms with E-state index in [0.29, 0.717) is 12.1 Å². The van der Waals surface area contributed by atoms with Crippen LogP contribution in [0.4, 0.5) is 4.39 Å². The zero-order valence-corrected chi connectivity index (χ0v) is 13.1. The molecule has 1 aliphatic heterocycles. The number of benzene rings is 1. The van der Waals surface area contributed by atoms with E-state index in [0.717, 1.165) is 50.7 Å². The second-order valence-corrected chi connectivity index (χ2v) is 6.49. The number of nitrogens with one attached hydrogen (secondary N) is 1. The predicted molar refractivity (Wildman–Crippen MR) is 82.9 cm³/mol. The third-order valence-electron chi connectivity index (χ3n) is 5.43. The zero-order valence-electron chi connectivity index (χ0n) is 13.1. The van der Waals surface area contributed by atoms with Crippen LogP contribution in [0, 0.1) is 5.82 Å². The van der Waals surface area contributed by atoms with Crippen molar-refractivity contribution >= 4 is 0 Å². The Bertz CT molecular complexity index is 498. The van der Waals surface area contributed by atoms with E-state index < -0.39 is 0 Å². The summed E-state index contributed by atoms with van der Waals surface area (Å²) in [5, 5.41) is 3.78. The zero-order chi connectivity index (χ0) is 14.9. The van der Waals surface area contributed by atoms with Crippen molar-refractivity contribution in [2.24, 2.45) is 0 Å². The van der Waals surface area contributed by atoms with Crippen molar-refractivity contribution in [2.45, 2.75) is 70.1 Å². The maximum atomic E-state index is 13.8. The lowest BCUT2D eigenvalue weighted by Crippen LogP contribution is -2.47. The van der Waals surface area contributed by atoms with E-state index >= 15 is 0 Å². The molecule has 2 nitrogen and oxygen atoms in total. The summed E-state index contributed by atoms with van der Waals surface area (Å²) in [6.07, 6.45) is 6.13. The maximum absolute atomic E-state index is 13.8. The fraction of sp³-hybridized carbons (Fsp3) is 0.667. The van der Waals surface area contributed by atoms with E-state index in [1.54, 1.807) is 6.07 Å².